The molecule has 100 valence electrons. The van der Waals surface area contributed by atoms with Gasteiger partial charge in [-0.3, -0.25) is 4.79 Å². The Morgan fingerprint density at radius 3 is 2.78 bits per heavy atom. The number of alkyl halides is 1. The largest absolute Gasteiger partial charge is 0.492 e. The van der Waals surface area contributed by atoms with Gasteiger partial charge < -0.3 is 9.47 Å². The number of carbonyl (C=O) groups is 1. The van der Waals surface area contributed by atoms with Crippen molar-refractivity contribution in [2.75, 3.05) is 13.7 Å². The molecule has 0 N–H and O–H groups in total. The molecule has 1 rings (SSSR count). The highest BCUT2D eigenvalue weighted by atomic mass is 79.9. The first kappa shape index (κ1) is 15.3. The molecule has 0 radical (unpaired) electrons. The van der Waals surface area contributed by atoms with Crippen LogP contribution in [0.1, 0.15) is 18.9 Å². The first-order valence-electron chi connectivity index (χ1n) is 5.65. The van der Waals surface area contributed by atoms with Gasteiger partial charge in [-0.2, -0.15) is 0 Å². The van der Waals surface area contributed by atoms with Crippen molar-refractivity contribution in [3.63, 3.8) is 0 Å². The van der Waals surface area contributed by atoms with E-state index in [2.05, 4.69) is 27.6 Å². The predicted molar refractivity (Wildman–Crippen MR) is 75.7 cm³/mol. The van der Waals surface area contributed by atoms with E-state index in [1.165, 1.54) is 7.11 Å². The van der Waals surface area contributed by atoms with Gasteiger partial charge in [-0.1, -0.05) is 40.5 Å². The average molecular weight is 336 g/mol. The Balaban J connectivity index is 2.59. The summed E-state index contributed by atoms with van der Waals surface area (Å²) in [6.45, 7) is 2.66. The molecule has 0 heterocycles. The molecule has 0 aliphatic rings. The minimum atomic E-state index is -0.284. The van der Waals surface area contributed by atoms with E-state index in [1.54, 1.807) is 12.1 Å². The maximum atomic E-state index is 11.1. The minimum Gasteiger partial charge on any atom is -0.492 e. The molecule has 0 aliphatic heterocycles. The van der Waals surface area contributed by atoms with Gasteiger partial charge in [-0.15, -0.1) is 0 Å². The van der Waals surface area contributed by atoms with Crippen molar-refractivity contribution < 1.29 is 14.3 Å². The topological polar surface area (TPSA) is 35.5 Å². The summed E-state index contributed by atoms with van der Waals surface area (Å²) in [5.41, 5.74) is 0.813. The normalized spacial score (nSPS) is 12.0. The Morgan fingerprint density at radius 2 is 2.22 bits per heavy atom. The molecule has 0 saturated carbocycles. The molecule has 1 atom stereocenters. The lowest BCUT2D eigenvalue weighted by atomic mass is 10.1. The second-order valence-corrected chi connectivity index (χ2v) is 5.91. The fraction of sp³-hybridized carbons (Fsp3) is 0.462. The molecule has 1 aromatic rings. The van der Waals surface area contributed by atoms with Gasteiger partial charge in [0, 0.05) is 4.83 Å². The van der Waals surface area contributed by atoms with Crippen molar-refractivity contribution in [1.82, 2.24) is 0 Å². The van der Waals surface area contributed by atoms with Gasteiger partial charge in [0.05, 0.1) is 25.2 Å². The quantitative estimate of drug-likeness (QED) is 0.588. The second-order valence-electron chi connectivity index (χ2n) is 3.94. The molecule has 0 aliphatic carbocycles. The van der Waals surface area contributed by atoms with Gasteiger partial charge >= 0.3 is 5.97 Å². The van der Waals surface area contributed by atoms with E-state index in [0.717, 1.165) is 12.0 Å². The van der Waals surface area contributed by atoms with Gasteiger partial charge in [-0.25, -0.2) is 0 Å². The monoisotopic (exact) mass is 334 g/mol. The lowest BCUT2D eigenvalue weighted by Crippen LogP contribution is -2.05. The van der Waals surface area contributed by atoms with E-state index < -0.39 is 0 Å². The number of benzene rings is 1. The van der Waals surface area contributed by atoms with Gasteiger partial charge in [0.2, 0.25) is 0 Å². The van der Waals surface area contributed by atoms with E-state index in [1.807, 2.05) is 6.07 Å². The van der Waals surface area contributed by atoms with E-state index in [9.17, 15) is 4.79 Å². The standard InChI is InChI=1S/C13H16BrClO3/c1-9(14)5-6-18-12-4-3-10(7-11(12)15)8-13(16)17-2/h3-4,7,9H,5-6,8H2,1-2H3. The molecule has 5 heteroatoms. The first-order valence-corrected chi connectivity index (χ1v) is 6.94. The van der Waals surface area contributed by atoms with Gasteiger partial charge in [0.1, 0.15) is 5.75 Å². The zero-order valence-electron chi connectivity index (χ0n) is 10.4. The number of hydrogen-bond acceptors (Lipinski definition) is 3. The Morgan fingerprint density at radius 1 is 1.50 bits per heavy atom. The molecule has 0 bridgehead atoms. The third kappa shape index (κ3) is 5.27. The number of methoxy groups -OCH3 is 1. The van der Waals surface area contributed by atoms with Crippen LogP contribution >= 0.6 is 27.5 Å². The number of esters is 1. The molecule has 18 heavy (non-hydrogen) atoms. The zero-order valence-corrected chi connectivity index (χ0v) is 12.8. The SMILES string of the molecule is COC(=O)Cc1ccc(OCCC(C)Br)c(Cl)c1. The van der Waals surface area contributed by atoms with Crippen LogP contribution in [0.15, 0.2) is 18.2 Å². The molecule has 0 amide bonds. The predicted octanol–water partition coefficient (Wildman–Crippen LogP) is 3.61. The summed E-state index contributed by atoms with van der Waals surface area (Å²) in [7, 11) is 1.36. The maximum Gasteiger partial charge on any atom is 0.309 e. The van der Waals surface area contributed by atoms with Crippen LogP contribution in [0.5, 0.6) is 5.75 Å². The van der Waals surface area contributed by atoms with E-state index in [-0.39, 0.29) is 12.4 Å². The number of hydrogen-bond donors (Lipinski definition) is 0. The van der Waals surface area contributed by atoms with Crippen LogP contribution in [0.3, 0.4) is 0 Å². The van der Waals surface area contributed by atoms with E-state index in [0.29, 0.717) is 22.2 Å². The maximum absolute atomic E-state index is 11.1. The lowest BCUT2D eigenvalue weighted by Gasteiger charge is -2.10. The molecule has 0 spiro atoms. The van der Waals surface area contributed by atoms with Crippen LogP contribution in [0, 0.1) is 0 Å². The van der Waals surface area contributed by atoms with Crippen molar-refractivity contribution in [1.29, 1.82) is 0 Å². The summed E-state index contributed by atoms with van der Waals surface area (Å²) in [5, 5.41) is 0.513. The third-order valence-electron chi connectivity index (χ3n) is 2.35. The fourth-order valence-electron chi connectivity index (χ4n) is 1.34. The third-order valence-corrected chi connectivity index (χ3v) is 3.10. The van der Waals surface area contributed by atoms with Crippen molar-refractivity contribution in [2.24, 2.45) is 0 Å². The smallest absolute Gasteiger partial charge is 0.309 e. The molecular weight excluding hydrogens is 319 g/mol. The van der Waals surface area contributed by atoms with Gasteiger partial charge in [0.25, 0.3) is 0 Å². The minimum absolute atomic E-state index is 0.217. The molecule has 1 unspecified atom stereocenters. The summed E-state index contributed by atoms with van der Waals surface area (Å²) in [6.07, 6.45) is 1.12. The highest BCUT2D eigenvalue weighted by Gasteiger charge is 2.07. The van der Waals surface area contributed by atoms with Crippen LogP contribution in [0.4, 0.5) is 0 Å². The van der Waals surface area contributed by atoms with Crippen LogP contribution in [0.2, 0.25) is 5.02 Å². The van der Waals surface area contributed by atoms with Crippen LogP contribution in [0.25, 0.3) is 0 Å². The summed E-state index contributed by atoms with van der Waals surface area (Å²) in [4.78, 5) is 11.5. The first-order chi connectivity index (χ1) is 8.52. The Hall–Kier alpha value is -0.740. The lowest BCUT2D eigenvalue weighted by molar-refractivity contribution is -0.139. The molecular formula is C13H16BrClO3. The number of halogens is 2. The van der Waals surface area contributed by atoms with Crippen molar-refractivity contribution >= 4 is 33.5 Å². The number of carbonyl (C=O) groups excluding carboxylic acids is 1. The number of ether oxygens (including phenoxy) is 2. The van der Waals surface area contributed by atoms with Crippen LogP contribution in [-0.2, 0) is 16.0 Å². The Kier molecular flexibility index (Phi) is 6.50. The van der Waals surface area contributed by atoms with Crippen molar-refractivity contribution in [2.45, 2.75) is 24.6 Å². The van der Waals surface area contributed by atoms with E-state index >= 15 is 0 Å². The molecule has 0 fully saturated rings. The molecule has 0 aromatic heterocycles. The van der Waals surface area contributed by atoms with E-state index in [4.69, 9.17) is 16.3 Å². The number of rotatable bonds is 6. The summed E-state index contributed by atoms with van der Waals surface area (Å²) in [5.74, 6) is 0.353. The van der Waals surface area contributed by atoms with Crippen molar-refractivity contribution in [3.8, 4) is 5.75 Å². The summed E-state index contributed by atoms with van der Waals surface area (Å²) >= 11 is 9.53. The van der Waals surface area contributed by atoms with Gasteiger partial charge in [-0.05, 0) is 24.1 Å². The molecule has 0 saturated heterocycles. The van der Waals surface area contributed by atoms with Crippen LogP contribution in [-0.4, -0.2) is 24.5 Å². The molecule has 1 aromatic carbocycles. The highest BCUT2D eigenvalue weighted by molar-refractivity contribution is 9.09. The summed E-state index contributed by atoms with van der Waals surface area (Å²) in [6, 6.07) is 5.32. The average Bonchev–Trinajstić information content (AvgIpc) is 2.31. The fourth-order valence-corrected chi connectivity index (χ4v) is 1.79. The van der Waals surface area contributed by atoms with Crippen molar-refractivity contribution in [3.05, 3.63) is 28.8 Å². The second kappa shape index (κ2) is 7.64. The molecule has 3 nitrogen and oxygen atoms in total. The highest BCUT2D eigenvalue weighted by Crippen LogP contribution is 2.26. The summed E-state index contributed by atoms with van der Waals surface area (Å²) < 4.78 is 10.2. The Labute approximate surface area is 121 Å². The van der Waals surface area contributed by atoms with Gasteiger partial charge in [0.15, 0.2) is 0 Å². The zero-order chi connectivity index (χ0) is 13.5. The van der Waals surface area contributed by atoms with Crippen LogP contribution < -0.4 is 4.74 Å². The Bertz CT molecular complexity index is 407.